The summed E-state index contributed by atoms with van der Waals surface area (Å²) in [6.45, 7) is 0.837. The van der Waals surface area contributed by atoms with Crippen molar-refractivity contribution in [1.82, 2.24) is 15.1 Å². The zero-order chi connectivity index (χ0) is 15.4. The van der Waals surface area contributed by atoms with Crippen LogP contribution in [0.4, 0.5) is 0 Å². The zero-order valence-corrected chi connectivity index (χ0v) is 14.7. The van der Waals surface area contributed by atoms with Crippen molar-refractivity contribution in [3.05, 3.63) is 28.3 Å². The Morgan fingerprint density at radius 2 is 2.45 bits per heavy atom. The van der Waals surface area contributed by atoms with Gasteiger partial charge in [0.25, 0.3) is 5.22 Å². The molecule has 0 bridgehead atoms. The molecule has 0 saturated carbocycles. The van der Waals surface area contributed by atoms with E-state index in [4.69, 9.17) is 4.42 Å². The molecule has 22 heavy (non-hydrogen) atoms. The van der Waals surface area contributed by atoms with Gasteiger partial charge in [0, 0.05) is 11.4 Å². The number of thioether (sulfide) groups is 2. The van der Waals surface area contributed by atoms with E-state index in [1.165, 1.54) is 16.6 Å². The number of nitrogens with zero attached hydrogens (tertiary/aromatic N) is 3. The van der Waals surface area contributed by atoms with E-state index in [9.17, 15) is 4.79 Å². The van der Waals surface area contributed by atoms with E-state index in [1.54, 1.807) is 23.1 Å². The minimum Gasteiger partial charge on any atom is -0.415 e. The van der Waals surface area contributed by atoms with E-state index in [2.05, 4.69) is 21.6 Å². The van der Waals surface area contributed by atoms with Gasteiger partial charge in [-0.25, -0.2) is 0 Å². The normalized spacial score (nSPS) is 18.0. The first-order valence-corrected chi connectivity index (χ1v) is 10.3. The van der Waals surface area contributed by atoms with E-state index in [0.717, 1.165) is 19.4 Å². The maximum Gasteiger partial charge on any atom is 0.277 e. The highest BCUT2D eigenvalue weighted by Gasteiger charge is 2.30. The lowest BCUT2D eigenvalue weighted by molar-refractivity contribution is -0.129. The fourth-order valence-electron chi connectivity index (χ4n) is 2.53. The average Bonchev–Trinajstić information content (AvgIpc) is 3.25. The Labute approximate surface area is 141 Å². The largest absolute Gasteiger partial charge is 0.415 e. The summed E-state index contributed by atoms with van der Waals surface area (Å²) in [6, 6.07) is 4.39. The van der Waals surface area contributed by atoms with Crippen molar-refractivity contribution in [3.8, 4) is 0 Å². The van der Waals surface area contributed by atoms with Crippen LogP contribution in [0, 0.1) is 0 Å². The SMILES string of the molecule is CSCc1nnc(SCC(=O)N2CCCC2c2cccs2)o1. The lowest BCUT2D eigenvalue weighted by atomic mass is 10.2. The van der Waals surface area contributed by atoms with E-state index >= 15 is 0 Å². The van der Waals surface area contributed by atoms with E-state index < -0.39 is 0 Å². The predicted molar refractivity (Wildman–Crippen MR) is 90.2 cm³/mol. The molecular weight excluding hydrogens is 338 g/mol. The third kappa shape index (κ3) is 3.67. The average molecular weight is 356 g/mol. The van der Waals surface area contributed by atoms with Gasteiger partial charge in [0.05, 0.1) is 17.5 Å². The number of hydrogen-bond donors (Lipinski definition) is 0. The number of amides is 1. The summed E-state index contributed by atoms with van der Waals surface area (Å²) in [4.78, 5) is 15.7. The second-order valence-corrected chi connectivity index (χ2v) is 7.72. The molecule has 2 aromatic rings. The van der Waals surface area contributed by atoms with Gasteiger partial charge in [0.2, 0.25) is 11.8 Å². The molecule has 1 amide bonds. The first-order valence-electron chi connectivity index (χ1n) is 7.05. The van der Waals surface area contributed by atoms with Gasteiger partial charge < -0.3 is 9.32 Å². The minimum atomic E-state index is 0.144. The Kier molecular flexibility index (Phi) is 5.43. The third-order valence-corrected chi connectivity index (χ3v) is 5.79. The molecule has 1 unspecified atom stereocenters. The third-order valence-electron chi connectivity index (χ3n) is 3.48. The van der Waals surface area contributed by atoms with Gasteiger partial charge in [-0.1, -0.05) is 17.8 Å². The van der Waals surface area contributed by atoms with Crippen LogP contribution >= 0.6 is 34.9 Å². The van der Waals surface area contributed by atoms with Gasteiger partial charge in [0.1, 0.15) is 0 Å². The van der Waals surface area contributed by atoms with Gasteiger partial charge in [-0.3, -0.25) is 4.79 Å². The number of rotatable bonds is 6. The molecule has 8 heteroatoms. The van der Waals surface area contributed by atoms with Crippen LogP contribution < -0.4 is 0 Å². The van der Waals surface area contributed by atoms with Gasteiger partial charge >= 0.3 is 0 Å². The lowest BCUT2D eigenvalue weighted by Crippen LogP contribution is -2.31. The summed E-state index contributed by atoms with van der Waals surface area (Å²) in [5.74, 6) is 1.81. The summed E-state index contributed by atoms with van der Waals surface area (Å²) in [7, 11) is 0. The number of aromatic nitrogens is 2. The molecule has 1 fully saturated rings. The lowest BCUT2D eigenvalue weighted by Gasteiger charge is -2.23. The van der Waals surface area contributed by atoms with Crippen molar-refractivity contribution in [1.29, 1.82) is 0 Å². The highest BCUT2D eigenvalue weighted by Crippen LogP contribution is 2.35. The molecule has 1 atom stereocenters. The summed E-state index contributed by atoms with van der Waals surface area (Å²) in [5, 5.41) is 10.5. The van der Waals surface area contributed by atoms with Crippen LogP contribution in [0.1, 0.15) is 29.7 Å². The molecule has 3 rings (SSSR count). The topological polar surface area (TPSA) is 59.2 Å². The number of likely N-dealkylation sites (tertiary alicyclic amines) is 1. The summed E-state index contributed by atoms with van der Waals surface area (Å²) >= 11 is 4.68. The van der Waals surface area contributed by atoms with Crippen LogP contribution in [-0.2, 0) is 10.5 Å². The molecule has 5 nitrogen and oxygen atoms in total. The van der Waals surface area contributed by atoms with Crippen LogP contribution in [0.25, 0.3) is 0 Å². The monoisotopic (exact) mass is 355 g/mol. The first-order chi connectivity index (χ1) is 10.8. The van der Waals surface area contributed by atoms with Gasteiger partial charge in [-0.2, -0.15) is 11.8 Å². The maximum absolute atomic E-state index is 12.5. The Morgan fingerprint density at radius 3 is 3.23 bits per heavy atom. The number of thiophene rings is 1. The van der Waals surface area contributed by atoms with E-state index in [-0.39, 0.29) is 11.9 Å². The molecule has 1 saturated heterocycles. The Hall–Kier alpha value is -0.990. The quantitative estimate of drug-likeness (QED) is 0.740. The summed E-state index contributed by atoms with van der Waals surface area (Å²) < 4.78 is 5.49. The van der Waals surface area contributed by atoms with Gasteiger partial charge in [0.15, 0.2) is 0 Å². The molecular formula is C14H17N3O2S3. The predicted octanol–water partition coefficient (Wildman–Crippen LogP) is 3.45. The fourth-order valence-corrected chi connectivity index (χ4v) is 4.43. The van der Waals surface area contributed by atoms with Crippen molar-refractivity contribution in [3.63, 3.8) is 0 Å². The number of hydrogen-bond acceptors (Lipinski definition) is 7. The zero-order valence-electron chi connectivity index (χ0n) is 12.2. The van der Waals surface area contributed by atoms with Crippen LogP contribution in [-0.4, -0.2) is 39.6 Å². The Bertz CT molecular complexity index is 615. The summed E-state index contributed by atoms with van der Waals surface area (Å²) in [5.41, 5.74) is 0. The molecule has 0 aromatic carbocycles. The molecule has 118 valence electrons. The Balaban J connectivity index is 1.56. The molecule has 1 aliphatic rings. The van der Waals surface area contributed by atoms with E-state index in [1.807, 2.05) is 17.2 Å². The van der Waals surface area contributed by atoms with Crippen molar-refractivity contribution in [2.24, 2.45) is 0 Å². The number of carbonyl (C=O) groups excluding carboxylic acids is 1. The van der Waals surface area contributed by atoms with Crippen molar-refractivity contribution in [2.75, 3.05) is 18.6 Å². The van der Waals surface area contributed by atoms with Gasteiger partial charge in [-0.15, -0.1) is 21.5 Å². The van der Waals surface area contributed by atoms with Crippen LogP contribution in [0.5, 0.6) is 0 Å². The molecule has 0 N–H and O–H groups in total. The van der Waals surface area contributed by atoms with Crippen LogP contribution in [0.15, 0.2) is 27.2 Å². The van der Waals surface area contributed by atoms with Crippen LogP contribution in [0.3, 0.4) is 0 Å². The molecule has 3 heterocycles. The summed E-state index contributed by atoms with van der Waals surface area (Å²) in [6.07, 6.45) is 4.10. The smallest absolute Gasteiger partial charge is 0.277 e. The standard InChI is InChI=1S/C14H17N3O2S3/c1-20-8-12-15-16-14(19-12)22-9-13(18)17-6-2-4-10(17)11-5-3-7-21-11/h3,5,7,10H,2,4,6,8-9H2,1H3. The fraction of sp³-hybridized carbons (Fsp3) is 0.500. The molecule has 0 aliphatic carbocycles. The first kappa shape index (κ1) is 15.9. The molecule has 0 spiro atoms. The maximum atomic E-state index is 12.5. The van der Waals surface area contributed by atoms with Crippen molar-refractivity contribution in [2.45, 2.75) is 29.9 Å². The highest BCUT2D eigenvalue weighted by molar-refractivity contribution is 7.99. The molecule has 0 radical (unpaired) electrons. The second kappa shape index (κ2) is 7.52. The highest BCUT2D eigenvalue weighted by atomic mass is 32.2. The Morgan fingerprint density at radius 1 is 1.55 bits per heavy atom. The minimum absolute atomic E-state index is 0.144. The van der Waals surface area contributed by atoms with Gasteiger partial charge in [-0.05, 0) is 30.5 Å². The van der Waals surface area contributed by atoms with Crippen molar-refractivity contribution >= 4 is 40.8 Å². The number of carbonyl (C=O) groups is 1. The molecule has 1 aliphatic heterocycles. The van der Waals surface area contributed by atoms with Crippen LogP contribution in [0.2, 0.25) is 0 Å². The molecule has 2 aromatic heterocycles. The second-order valence-electron chi connectivity index (χ2n) is 4.94. The van der Waals surface area contributed by atoms with Crippen molar-refractivity contribution < 1.29 is 9.21 Å². The van der Waals surface area contributed by atoms with E-state index in [0.29, 0.717) is 22.6 Å².